The van der Waals surface area contributed by atoms with Gasteiger partial charge < -0.3 is 39.6 Å². The van der Waals surface area contributed by atoms with Crippen molar-refractivity contribution in [1.82, 2.24) is 0 Å². The first-order valence-corrected chi connectivity index (χ1v) is 34.7. The molecule has 5 heterocycles. The monoisotopic (exact) mass is 1350 g/mol. The van der Waals surface area contributed by atoms with E-state index in [1.54, 1.807) is 6.07 Å². The molecule has 4 N–H and O–H groups in total. The Morgan fingerprint density at radius 2 is 0.761 bits per heavy atom. The van der Waals surface area contributed by atoms with Crippen LogP contribution in [-0.2, 0) is 69.7 Å². The van der Waals surface area contributed by atoms with Crippen LogP contribution in [0.3, 0.4) is 0 Å². The zero-order chi connectivity index (χ0) is 65.7. The maximum absolute atomic E-state index is 12.5. The van der Waals surface area contributed by atoms with Crippen LogP contribution in [0, 0.1) is 0 Å². The van der Waals surface area contributed by atoms with E-state index < -0.39 is 27.4 Å². The lowest BCUT2D eigenvalue weighted by Crippen LogP contribution is -2.29. The van der Waals surface area contributed by atoms with E-state index >= 15 is 0 Å². The number of hydrogen-bond acceptors (Lipinski definition) is 15. The number of carboxylic acid groups (broad SMARTS) is 1. The third-order valence-corrected chi connectivity index (χ3v) is 17.1. The molecule has 14 rings (SSSR count). The van der Waals surface area contributed by atoms with Crippen LogP contribution in [0.4, 0.5) is 5.69 Å². The summed E-state index contributed by atoms with van der Waals surface area (Å²) in [5.41, 5.74) is 19.1. The zero-order valence-corrected chi connectivity index (χ0v) is 54.7. The van der Waals surface area contributed by atoms with Gasteiger partial charge in [0.05, 0.1) is 0 Å². The van der Waals surface area contributed by atoms with Crippen LogP contribution in [0.2, 0.25) is 0 Å². The molecular formula is C71H75Cl4NO15S. The van der Waals surface area contributed by atoms with Crippen molar-refractivity contribution < 1.29 is 71.7 Å². The van der Waals surface area contributed by atoms with Gasteiger partial charge in [-0.1, -0.05) is 109 Å². The second-order valence-corrected chi connectivity index (χ2v) is 26.3. The molecule has 3 aliphatic carbocycles. The average Bonchev–Trinajstić information content (AvgIpc) is 1.65. The Labute approximate surface area is 557 Å². The minimum atomic E-state index is -1.67. The molecule has 5 saturated heterocycles. The number of anilines is 1. The van der Waals surface area contributed by atoms with Gasteiger partial charge in [0.1, 0.15) is 30.5 Å². The Kier molecular flexibility index (Phi) is 27.8. The normalized spacial score (nSPS) is 21.0. The topological polar surface area (TPSA) is 249 Å². The molecule has 0 radical (unpaired) electrons. The third-order valence-electron chi connectivity index (χ3n) is 16.7. The van der Waals surface area contributed by atoms with Gasteiger partial charge in [0.15, 0.2) is 29.2 Å². The highest BCUT2D eigenvalue weighted by molar-refractivity contribution is 8.26. The van der Waals surface area contributed by atoms with Gasteiger partial charge in [-0.3, -0.25) is 28.8 Å². The molecule has 16 nitrogen and oxygen atoms in total. The molecule has 21 heteroatoms. The van der Waals surface area contributed by atoms with Crippen LogP contribution in [0.5, 0.6) is 0 Å². The van der Waals surface area contributed by atoms with Gasteiger partial charge in [0, 0.05) is 95.2 Å². The highest BCUT2D eigenvalue weighted by Crippen LogP contribution is 2.44. The molecule has 6 unspecified atom stereocenters. The third kappa shape index (κ3) is 19.9. The minimum Gasteiger partial charge on any atom is -0.479 e. The van der Waals surface area contributed by atoms with Crippen molar-refractivity contribution in [3.8, 4) is 33.4 Å². The Bertz CT molecular complexity index is 3520. The van der Waals surface area contributed by atoms with Gasteiger partial charge in [-0.05, 0) is 193 Å². The molecule has 0 aromatic heterocycles. The number of carboxylic acids is 1. The number of aliphatic hydroxyl groups excluding tert-OH is 1. The fourth-order valence-electron chi connectivity index (χ4n) is 12.0. The molecular weight excluding hydrogens is 1280 g/mol. The van der Waals surface area contributed by atoms with Crippen molar-refractivity contribution in [3.63, 3.8) is 0 Å². The first-order chi connectivity index (χ1) is 44.4. The summed E-state index contributed by atoms with van der Waals surface area (Å²) < 4.78 is 35.3. The quantitative estimate of drug-likeness (QED) is 0.0897. The number of ketones is 4. The van der Waals surface area contributed by atoms with Crippen LogP contribution < -0.4 is 5.73 Å². The fraction of sp³-hybridized carbons (Fsp3) is 0.394. The summed E-state index contributed by atoms with van der Waals surface area (Å²) in [6, 6.07) is 40.5. The summed E-state index contributed by atoms with van der Waals surface area (Å²) in [5.74, 6) is -0.427. The van der Waals surface area contributed by atoms with Crippen LogP contribution >= 0.6 is 44.6 Å². The highest BCUT2D eigenvalue weighted by atomic mass is 36.0. The Morgan fingerprint density at radius 3 is 1.15 bits per heavy atom. The lowest BCUT2D eigenvalue weighted by molar-refractivity contribution is -0.153. The fourth-order valence-corrected chi connectivity index (χ4v) is 12.3. The SMILES string of the molecule is Nc1ccc2c(c1)C(=O)c1ccccc1-2.O=C(Cc1ccc2c(c1)C(O)c1ccccc1-2)C1CCCCO1.O=C(Cl)C1CCCCO1.O=C(Cl)C1CCCCO1.O=C(O)C1CCCCO1.O=C1c2ccccc2-c2ccc(CC(=O)C3CCCCO3)cc21.O=S(Cl)Cl. The number of fused-ring (bicyclic) bond motifs is 9. The predicted molar refractivity (Wildman–Crippen MR) is 356 cm³/mol. The number of carbonyl (C=O) groups excluding carboxylic acids is 6. The molecule has 5 aliphatic heterocycles. The van der Waals surface area contributed by atoms with Crippen LogP contribution in [0.1, 0.15) is 157 Å². The molecule has 6 atom stereocenters. The number of halogens is 4. The summed E-state index contributed by atoms with van der Waals surface area (Å²) in [4.78, 5) is 80.3. The number of nitrogen functional groups attached to an aromatic ring is 1. The van der Waals surface area contributed by atoms with Gasteiger partial charge in [-0.25, -0.2) is 9.00 Å². The van der Waals surface area contributed by atoms with Gasteiger partial charge in [0.2, 0.25) is 19.7 Å². The number of nitrogens with two attached hydrogens (primary N) is 1. The molecule has 92 heavy (non-hydrogen) atoms. The van der Waals surface area contributed by atoms with E-state index in [4.69, 9.17) is 61.9 Å². The van der Waals surface area contributed by atoms with Crippen molar-refractivity contribution in [2.45, 2.75) is 146 Å². The first kappa shape index (κ1) is 71.5. The molecule has 488 valence electrons. The number of carbonyl (C=O) groups is 7. The van der Waals surface area contributed by atoms with E-state index in [9.17, 15) is 38.7 Å². The van der Waals surface area contributed by atoms with Gasteiger partial charge in [-0.2, -0.15) is 0 Å². The molecule has 6 aromatic rings. The van der Waals surface area contributed by atoms with Gasteiger partial charge in [-0.15, -0.1) is 0 Å². The molecule has 0 saturated carbocycles. The number of benzene rings is 6. The molecule has 5 fully saturated rings. The van der Waals surface area contributed by atoms with Crippen molar-refractivity contribution in [2.75, 3.05) is 38.8 Å². The predicted octanol–water partition coefficient (Wildman–Crippen LogP) is 13.8. The number of aliphatic hydroxyl groups is 1. The Morgan fingerprint density at radius 1 is 0.424 bits per heavy atom. The van der Waals surface area contributed by atoms with E-state index in [-0.39, 0.29) is 58.0 Å². The molecule has 0 spiro atoms. The zero-order valence-electron chi connectivity index (χ0n) is 50.8. The average molecular weight is 1360 g/mol. The van der Waals surface area contributed by atoms with Crippen LogP contribution in [-0.4, -0.2) is 118 Å². The number of hydrogen-bond donors (Lipinski definition) is 3. The maximum Gasteiger partial charge on any atom is 0.332 e. The largest absolute Gasteiger partial charge is 0.479 e. The number of Topliss-reactive ketones (excluding diaryl/α,β-unsaturated/α-hetero) is 2. The van der Waals surface area contributed by atoms with E-state index in [0.717, 1.165) is 162 Å². The molecule has 6 aromatic carbocycles. The van der Waals surface area contributed by atoms with E-state index in [1.165, 1.54) is 0 Å². The maximum atomic E-state index is 12.5. The van der Waals surface area contributed by atoms with E-state index in [0.29, 0.717) is 63.5 Å². The minimum absolute atomic E-state index is 0.0545. The first-order valence-electron chi connectivity index (χ1n) is 31.1. The number of rotatable bonds is 9. The second kappa shape index (κ2) is 35.8. The Balaban J connectivity index is 0.000000147. The summed E-state index contributed by atoms with van der Waals surface area (Å²) in [7, 11) is 7.36. The number of aliphatic carboxylic acids is 1. The Hall–Kier alpha value is -6.32. The second-order valence-electron chi connectivity index (χ2n) is 23.0. The van der Waals surface area contributed by atoms with E-state index in [1.807, 2.05) is 121 Å². The number of ether oxygens (including phenoxy) is 5. The summed E-state index contributed by atoms with van der Waals surface area (Å²) >= 11 is 10.4. The van der Waals surface area contributed by atoms with Gasteiger partial charge >= 0.3 is 5.97 Å². The standard InChI is InChI=1S/C20H20O3.C20H18O3.C13H9NO.2C6H9ClO2.C6H10O3.Cl2OS/c2*21-18(19-7-3-4-10-23-19)12-13-8-9-15-14-5-1-2-6-16(14)20(22)17(15)11-13;14-8-5-6-10-9-3-1-2-4-11(9)13(15)12(10)7-8;3*7-6(8)5-3-1-2-4-9-5;1-4(2)3/h1-2,5-6,8-9,11,19-20,22H,3-4,7,10,12H2;1-2,5-6,8-9,11,19H,3-4,7,10,12H2;1-7H,14H2;2*5H,1-4H2;5H,1-4H2,(H,7,8);. The molecule has 0 amide bonds. The summed E-state index contributed by atoms with van der Waals surface area (Å²) in [5, 5.41) is 18.2. The molecule has 0 bridgehead atoms. The van der Waals surface area contributed by atoms with Crippen LogP contribution in [0.25, 0.3) is 33.4 Å². The van der Waals surface area contributed by atoms with Crippen molar-refractivity contribution in [1.29, 1.82) is 0 Å². The van der Waals surface area contributed by atoms with Crippen LogP contribution in [0.15, 0.2) is 127 Å². The van der Waals surface area contributed by atoms with Gasteiger partial charge in [0.25, 0.3) is 0 Å². The lowest BCUT2D eigenvalue weighted by atomic mass is 9.97. The molecule has 8 aliphatic rings. The smallest absolute Gasteiger partial charge is 0.332 e. The van der Waals surface area contributed by atoms with Crippen molar-refractivity contribution in [3.05, 3.63) is 172 Å². The van der Waals surface area contributed by atoms with Crippen molar-refractivity contribution >= 4 is 99.1 Å². The van der Waals surface area contributed by atoms with Crippen molar-refractivity contribution in [2.24, 2.45) is 0 Å². The highest BCUT2D eigenvalue weighted by Gasteiger charge is 2.31. The summed E-state index contributed by atoms with van der Waals surface area (Å²) in [6.07, 6.45) is 12.7. The summed E-state index contributed by atoms with van der Waals surface area (Å²) in [6.45, 7) is 3.34. The lowest BCUT2D eigenvalue weighted by Gasteiger charge is -2.21. The van der Waals surface area contributed by atoms with E-state index in [2.05, 4.69) is 21.4 Å².